The number of benzene rings is 2. The summed E-state index contributed by atoms with van der Waals surface area (Å²) in [6, 6.07) is 14.7. The van der Waals surface area contributed by atoms with Crippen LogP contribution in [0.1, 0.15) is 29.1 Å². The van der Waals surface area contributed by atoms with E-state index in [0.29, 0.717) is 17.9 Å². The second-order valence-corrected chi connectivity index (χ2v) is 8.12. The van der Waals surface area contributed by atoms with Crippen LogP contribution in [0.2, 0.25) is 0 Å². The van der Waals surface area contributed by atoms with Crippen LogP contribution < -0.4 is 5.32 Å². The smallest absolute Gasteiger partial charge is 0.367 e. The number of carbonyl (C=O) groups is 1. The fraction of sp³-hybridized carbons (Fsp3) is 0.333. The Morgan fingerprint density at radius 2 is 1.87 bits per heavy atom. The summed E-state index contributed by atoms with van der Waals surface area (Å²) < 4.78 is 40.9. The first-order valence-corrected chi connectivity index (χ1v) is 10.4. The molecule has 0 aliphatic heterocycles. The highest BCUT2D eigenvalue weighted by molar-refractivity contribution is 8.00. The Kier molecular flexibility index (Phi) is 7.38. The summed E-state index contributed by atoms with van der Waals surface area (Å²) in [7, 11) is 0. The van der Waals surface area contributed by atoms with E-state index in [9.17, 15) is 18.0 Å². The zero-order chi connectivity index (χ0) is 21.6. The van der Waals surface area contributed by atoms with E-state index in [0.717, 1.165) is 22.4 Å². The van der Waals surface area contributed by atoms with Crippen molar-refractivity contribution in [3.8, 4) is 0 Å². The van der Waals surface area contributed by atoms with Gasteiger partial charge < -0.3 is 15.0 Å². The van der Waals surface area contributed by atoms with E-state index in [1.807, 2.05) is 31.2 Å². The molecule has 30 heavy (non-hydrogen) atoms. The molecule has 3 rings (SSSR count). The molecule has 0 fully saturated rings. The second-order valence-electron chi connectivity index (χ2n) is 6.79. The van der Waals surface area contributed by atoms with Gasteiger partial charge in [-0.25, -0.2) is 4.98 Å². The Morgan fingerprint density at radius 1 is 1.17 bits per heavy atom. The molecule has 1 amide bonds. The molecule has 1 aromatic heterocycles. The van der Waals surface area contributed by atoms with Crippen LogP contribution in [-0.4, -0.2) is 34.4 Å². The van der Waals surface area contributed by atoms with E-state index >= 15 is 0 Å². The van der Waals surface area contributed by atoms with E-state index < -0.39 is 12.8 Å². The standard InChI is InChI=1S/C21H22F3N3O2S/c1-14(20-26-17-4-2-3-5-18(17)27-20)30-12-19(28)25-10-15-6-8-16(9-7-15)11-29-13-21(22,23)24/h2-9,14H,10-13H2,1H3,(H,25,28)(H,26,27). The van der Waals surface area contributed by atoms with Crippen molar-refractivity contribution >= 4 is 28.7 Å². The number of rotatable bonds is 9. The number of carbonyl (C=O) groups excluding carboxylic acids is 1. The number of aromatic nitrogens is 2. The highest BCUT2D eigenvalue weighted by atomic mass is 32.2. The van der Waals surface area contributed by atoms with Crippen LogP contribution in [0.4, 0.5) is 13.2 Å². The molecule has 2 N–H and O–H groups in total. The minimum atomic E-state index is -4.33. The number of H-pyrrole nitrogens is 1. The maximum Gasteiger partial charge on any atom is 0.411 e. The number of nitrogens with zero attached hydrogens (tertiary/aromatic N) is 1. The van der Waals surface area contributed by atoms with Crippen molar-refractivity contribution < 1.29 is 22.7 Å². The van der Waals surface area contributed by atoms with Gasteiger partial charge in [0, 0.05) is 6.54 Å². The quantitative estimate of drug-likeness (QED) is 0.507. The molecule has 0 bridgehead atoms. The highest BCUT2D eigenvalue weighted by Crippen LogP contribution is 2.27. The second kappa shape index (κ2) is 9.99. The molecule has 3 aromatic rings. The molecule has 0 saturated heterocycles. The normalized spacial score (nSPS) is 12.8. The lowest BCUT2D eigenvalue weighted by molar-refractivity contribution is -0.176. The maximum absolute atomic E-state index is 12.1. The predicted octanol–water partition coefficient (Wildman–Crippen LogP) is 4.75. The van der Waals surface area contributed by atoms with Crippen LogP contribution in [-0.2, 0) is 22.7 Å². The van der Waals surface area contributed by atoms with E-state index in [4.69, 9.17) is 0 Å². The van der Waals surface area contributed by atoms with Crippen molar-refractivity contribution in [2.45, 2.75) is 31.5 Å². The van der Waals surface area contributed by atoms with Gasteiger partial charge in [-0.3, -0.25) is 4.79 Å². The zero-order valence-electron chi connectivity index (χ0n) is 16.3. The summed E-state index contributed by atoms with van der Waals surface area (Å²) in [4.78, 5) is 20.0. The van der Waals surface area contributed by atoms with Crippen LogP contribution in [0.25, 0.3) is 11.0 Å². The number of ether oxygens (including phenoxy) is 1. The summed E-state index contributed by atoms with van der Waals surface area (Å²) in [6.45, 7) is 0.967. The molecule has 0 aliphatic rings. The van der Waals surface area contributed by atoms with Gasteiger partial charge >= 0.3 is 6.18 Å². The van der Waals surface area contributed by atoms with Gasteiger partial charge in [0.15, 0.2) is 0 Å². The topological polar surface area (TPSA) is 67.0 Å². The molecule has 5 nitrogen and oxygen atoms in total. The van der Waals surface area contributed by atoms with Gasteiger partial charge in [0.25, 0.3) is 0 Å². The van der Waals surface area contributed by atoms with Crippen LogP contribution in [0.5, 0.6) is 0 Å². The number of imidazole rings is 1. The third kappa shape index (κ3) is 6.77. The zero-order valence-corrected chi connectivity index (χ0v) is 17.1. The summed E-state index contributed by atoms with van der Waals surface area (Å²) >= 11 is 1.49. The predicted molar refractivity (Wildman–Crippen MR) is 111 cm³/mol. The minimum Gasteiger partial charge on any atom is -0.367 e. The van der Waals surface area contributed by atoms with E-state index in [1.54, 1.807) is 24.3 Å². The highest BCUT2D eigenvalue weighted by Gasteiger charge is 2.27. The third-order valence-electron chi connectivity index (χ3n) is 4.30. The molecule has 160 valence electrons. The van der Waals surface area contributed by atoms with Gasteiger partial charge in [0.1, 0.15) is 12.4 Å². The summed E-state index contributed by atoms with van der Waals surface area (Å²) in [5.41, 5.74) is 3.37. The average molecular weight is 437 g/mol. The molecular weight excluding hydrogens is 415 g/mol. The molecule has 1 atom stereocenters. The number of fused-ring (bicyclic) bond motifs is 1. The van der Waals surface area contributed by atoms with E-state index in [2.05, 4.69) is 20.0 Å². The Bertz CT molecular complexity index is 941. The first-order chi connectivity index (χ1) is 14.3. The van der Waals surface area contributed by atoms with Crippen LogP contribution in [0.15, 0.2) is 48.5 Å². The van der Waals surface area contributed by atoms with Gasteiger partial charge in [-0.2, -0.15) is 13.2 Å². The molecular formula is C21H22F3N3O2S. The third-order valence-corrected chi connectivity index (χ3v) is 5.46. The lowest BCUT2D eigenvalue weighted by Gasteiger charge is -2.10. The molecule has 1 unspecified atom stereocenters. The van der Waals surface area contributed by atoms with Crippen molar-refractivity contribution in [3.63, 3.8) is 0 Å². The first-order valence-electron chi connectivity index (χ1n) is 9.35. The Balaban J connectivity index is 1.39. The lowest BCUT2D eigenvalue weighted by atomic mass is 10.1. The van der Waals surface area contributed by atoms with Gasteiger partial charge in [-0.15, -0.1) is 11.8 Å². The van der Waals surface area contributed by atoms with Crippen LogP contribution >= 0.6 is 11.8 Å². The summed E-state index contributed by atoms with van der Waals surface area (Å²) in [5, 5.41) is 2.89. The number of alkyl halides is 3. The average Bonchev–Trinajstić information content (AvgIpc) is 3.15. The number of amides is 1. The van der Waals surface area contributed by atoms with Crippen LogP contribution in [0.3, 0.4) is 0 Å². The van der Waals surface area contributed by atoms with Crippen LogP contribution in [0, 0.1) is 0 Å². The van der Waals surface area contributed by atoms with Gasteiger partial charge in [0.05, 0.1) is 28.6 Å². The fourth-order valence-electron chi connectivity index (χ4n) is 2.73. The molecule has 0 spiro atoms. The Hall–Kier alpha value is -2.52. The molecule has 9 heteroatoms. The largest absolute Gasteiger partial charge is 0.411 e. The van der Waals surface area contributed by atoms with Gasteiger partial charge in [-0.05, 0) is 30.2 Å². The van der Waals surface area contributed by atoms with Crippen molar-refractivity contribution in [1.82, 2.24) is 15.3 Å². The Morgan fingerprint density at radius 3 is 2.57 bits per heavy atom. The number of hydrogen-bond acceptors (Lipinski definition) is 4. The lowest BCUT2D eigenvalue weighted by Crippen LogP contribution is -2.24. The van der Waals surface area contributed by atoms with E-state index in [-0.39, 0.29) is 17.8 Å². The Labute approximate surface area is 176 Å². The monoisotopic (exact) mass is 437 g/mol. The van der Waals surface area contributed by atoms with Crippen molar-refractivity contribution in [2.24, 2.45) is 0 Å². The van der Waals surface area contributed by atoms with Gasteiger partial charge in [0.2, 0.25) is 5.91 Å². The number of hydrogen-bond donors (Lipinski definition) is 2. The van der Waals surface area contributed by atoms with E-state index in [1.165, 1.54) is 11.8 Å². The number of thioether (sulfide) groups is 1. The molecule has 2 aromatic carbocycles. The fourth-order valence-corrected chi connectivity index (χ4v) is 3.51. The molecule has 0 aliphatic carbocycles. The summed E-state index contributed by atoms with van der Waals surface area (Å²) in [5.74, 6) is 1.03. The SMILES string of the molecule is CC(SCC(=O)NCc1ccc(COCC(F)(F)F)cc1)c1nc2ccccc2[nH]1. The number of para-hydroxylation sites is 2. The minimum absolute atomic E-state index is 0.0409. The van der Waals surface area contributed by atoms with Gasteiger partial charge in [-0.1, -0.05) is 36.4 Å². The number of halogens is 3. The maximum atomic E-state index is 12.1. The molecule has 0 saturated carbocycles. The van der Waals surface area contributed by atoms with Crippen molar-refractivity contribution in [1.29, 1.82) is 0 Å². The number of aromatic amines is 1. The first kappa shape index (κ1) is 22.2. The summed E-state index contributed by atoms with van der Waals surface area (Å²) in [6.07, 6.45) is -4.33. The molecule has 1 heterocycles. The molecule has 0 radical (unpaired) electrons. The number of nitrogens with one attached hydrogen (secondary N) is 2. The van der Waals surface area contributed by atoms with Crippen molar-refractivity contribution in [2.75, 3.05) is 12.4 Å². The van der Waals surface area contributed by atoms with Crippen molar-refractivity contribution in [3.05, 3.63) is 65.5 Å².